The molecule has 2 aliphatic heterocycles. The number of hydrogen-bond acceptors (Lipinski definition) is 27. The maximum absolute atomic E-state index is 15.5. The first-order valence-electron chi connectivity index (χ1n) is 26.9. The number of nitrogens with one attached hydrogen (secondary N) is 2. The number of carbonyl (C=O) groups excluding carboxylic acids is 2. The number of imidazole rings is 1. The number of alkyl halides is 2. The van der Waals surface area contributed by atoms with E-state index >= 15 is 4.39 Å². The van der Waals surface area contributed by atoms with Crippen molar-refractivity contribution < 1.29 is 93.5 Å². The molecule has 0 amide bonds. The van der Waals surface area contributed by atoms with Crippen molar-refractivity contribution in [2.45, 2.75) is 95.2 Å². The number of nitrogens with two attached hydrogens (primary N) is 2. The first-order valence-corrected chi connectivity index (χ1v) is 32.5. The van der Waals surface area contributed by atoms with Crippen LogP contribution >= 0.6 is 33.7 Å². The molecule has 0 aliphatic carbocycles. The van der Waals surface area contributed by atoms with E-state index in [9.17, 15) is 48.4 Å². The van der Waals surface area contributed by atoms with E-state index < -0.39 is 108 Å². The van der Waals surface area contributed by atoms with Crippen LogP contribution in [0.2, 0.25) is 0 Å². The number of anilines is 2. The summed E-state index contributed by atoms with van der Waals surface area (Å²) < 4.78 is 120. The van der Waals surface area contributed by atoms with Gasteiger partial charge in [-0.25, -0.2) is 51.5 Å². The fourth-order valence-corrected chi connectivity index (χ4v) is 11.9. The summed E-state index contributed by atoms with van der Waals surface area (Å²) in [7, 11) is -1.77. The Labute approximate surface area is 532 Å². The molecule has 32 nitrogen and oxygen atoms in total. The van der Waals surface area contributed by atoms with Crippen molar-refractivity contribution in [1.82, 2.24) is 48.9 Å². The van der Waals surface area contributed by atoms with E-state index in [4.69, 9.17) is 60.3 Å². The Bertz CT molecular complexity index is 3690. The summed E-state index contributed by atoms with van der Waals surface area (Å²) in [5, 5.41) is 61.8. The fourth-order valence-electron chi connectivity index (χ4n) is 8.23. The van der Waals surface area contributed by atoms with E-state index in [1.807, 2.05) is 17.8 Å². The van der Waals surface area contributed by atoms with Crippen LogP contribution in [0.5, 0.6) is 11.5 Å². The zero-order valence-corrected chi connectivity index (χ0v) is 53.4. The number of ether oxygens (including phenoxy) is 4. The number of esters is 2. The summed E-state index contributed by atoms with van der Waals surface area (Å²) in [5.74, 6) is -0.474. The Hall–Kier alpha value is -7.59. The van der Waals surface area contributed by atoms with Crippen LogP contribution in [0.4, 0.5) is 20.4 Å². The Morgan fingerprint density at radius 1 is 0.739 bits per heavy atom. The molecule has 0 bridgehead atoms. The van der Waals surface area contributed by atoms with E-state index in [1.165, 1.54) is 86.9 Å². The molecule has 2 aromatic carbocycles. The molecule has 9 N–H and O–H groups in total. The van der Waals surface area contributed by atoms with Gasteiger partial charge in [-0.15, -0.1) is 0 Å². The lowest BCUT2D eigenvalue weighted by Gasteiger charge is -2.25. The van der Waals surface area contributed by atoms with E-state index in [-0.39, 0.29) is 49.4 Å². The highest BCUT2D eigenvalue weighted by Crippen LogP contribution is 2.50. The van der Waals surface area contributed by atoms with Gasteiger partial charge in [0, 0.05) is 52.0 Å². The highest BCUT2D eigenvalue weighted by atomic mass is 35.7. The first-order chi connectivity index (χ1) is 43.2. The number of fused-ring (bicyclic) bond motifs is 2. The lowest BCUT2D eigenvalue weighted by Crippen LogP contribution is -2.38. The highest BCUT2D eigenvalue weighted by Gasteiger charge is 2.60. The molecule has 0 spiro atoms. The van der Waals surface area contributed by atoms with Gasteiger partial charge in [-0.1, -0.05) is 43.8 Å². The van der Waals surface area contributed by atoms with Crippen LogP contribution in [0, 0.1) is 22.7 Å². The minimum atomic E-state index is -4.32. The number of para-hydroxylation sites is 2. The standard InChI is InChI=1S/C23H26FN6O7P.C12H12FN5O3.C11H15ClNO4P.C4H6N2.C3H9O4P.CH4/c1-3-34-22(32)14(2)29-38(33,37-15-7-5-4-6-8-15)35-11-17-19(31)20(24)23(12-25,36-17)18-10-9-16-21(26)27-13-28-30(16)18;13-10-9(20)7(3-19)21-12(10,4-14)8-2-1-6-11(15)16-5-17-18(6)8;1-3-16-11(14)9(2)13-18(12,15)17-10-7-5-4-6-8-10;1-6-3-2-5-4-6;1-5-8(4,6-2)7-3;/h4-10,13-14,17,19-20,31H,3,11H2,1-2H3,(H,29,33)(H2,26,27,28);1-2,5,7,9-10,19-20H,3H2,(H2,15,16,17);4-9H,3H2,1-2H3,(H,13,15);2-4H,1H3;1-3H3;1H4/t14-,17+,19+,20+,23-,38?;7-,9-,10-,12+;9-,18?;;;/m010.../s1. The molecule has 7 heterocycles. The number of aryl methyl sites for hydroxylation is 1. The van der Waals surface area contributed by atoms with E-state index in [1.54, 1.807) is 87.0 Å². The molecule has 2 aliphatic rings. The van der Waals surface area contributed by atoms with Crippen LogP contribution in [-0.4, -0.2) is 163 Å². The van der Waals surface area contributed by atoms with Crippen LogP contribution < -0.4 is 30.7 Å². The molecule has 2 fully saturated rings. The lowest BCUT2D eigenvalue weighted by atomic mass is 9.94. The number of aliphatic hydroxyl groups is 3. The number of carbonyl (C=O) groups is 2. The number of hydrogen-bond donors (Lipinski definition) is 7. The molecule has 38 heteroatoms. The average molecular weight is 1370 g/mol. The highest BCUT2D eigenvalue weighted by molar-refractivity contribution is 7.84. The molecule has 2 saturated heterocycles. The Morgan fingerprint density at radius 2 is 1.17 bits per heavy atom. The van der Waals surface area contributed by atoms with Gasteiger partial charge in [0.2, 0.25) is 11.2 Å². The van der Waals surface area contributed by atoms with Gasteiger partial charge < -0.3 is 59.3 Å². The summed E-state index contributed by atoms with van der Waals surface area (Å²) >= 11 is 5.72. The summed E-state index contributed by atoms with van der Waals surface area (Å²) in [4.78, 5) is 34.9. The fraction of sp³-hybridized carbons (Fsp3) is 0.426. The average Bonchev–Trinajstić information content (AvgIpc) is 1.59. The minimum absolute atomic E-state index is 0. The normalized spacial score (nSPS) is 22.5. The smallest absolute Gasteiger partial charge is 0.465 e. The summed E-state index contributed by atoms with van der Waals surface area (Å²) in [6.07, 6.45) is -2.70. The van der Waals surface area contributed by atoms with Crippen molar-refractivity contribution >= 4 is 68.3 Å². The van der Waals surface area contributed by atoms with E-state index in [0.717, 1.165) is 6.33 Å². The molecule has 7 aromatic rings. The minimum Gasteiger partial charge on any atom is -0.465 e. The van der Waals surface area contributed by atoms with Crippen molar-refractivity contribution in [1.29, 1.82) is 10.5 Å². The largest absolute Gasteiger partial charge is 0.473 e. The Balaban J connectivity index is 0.000000281. The predicted octanol–water partition coefficient (Wildman–Crippen LogP) is 6.04. The zero-order chi connectivity index (χ0) is 67.3. The van der Waals surface area contributed by atoms with Crippen LogP contribution in [0.1, 0.15) is 46.5 Å². The molecule has 0 saturated carbocycles. The van der Waals surface area contributed by atoms with Gasteiger partial charge in [-0.05, 0) is 76.2 Å². The van der Waals surface area contributed by atoms with Crippen LogP contribution in [0.25, 0.3) is 11.0 Å². The maximum Gasteiger partial charge on any atom is 0.473 e. The Kier molecular flexibility index (Phi) is 29.2. The molecule has 502 valence electrons. The number of halogens is 3. The van der Waals surface area contributed by atoms with Gasteiger partial charge >= 0.3 is 34.4 Å². The molecular formula is C54H72ClF2N14O18P3. The summed E-state index contributed by atoms with van der Waals surface area (Å²) in [5.41, 5.74) is 7.91. The van der Waals surface area contributed by atoms with Crippen LogP contribution in [-0.2, 0) is 78.6 Å². The lowest BCUT2D eigenvalue weighted by molar-refractivity contribution is -0.145. The molecule has 0 radical (unpaired) electrons. The third kappa shape index (κ3) is 19.3. The van der Waals surface area contributed by atoms with Crippen molar-refractivity contribution in [3.8, 4) is 23.6 Å². The molecule has 12 atom stereocenters. The number of nitrogen functional groups attached to an aromatic ring is 2. The van der Waals surface area contributed by atoms with E-state index in [2.05, 4.69) is 48.9 Å². The second-order valence-corrected chi connectivity index (χ2v) is 25.2. The van der Waals surface area contributed by atoms with E-state index in [0.29, 0.717) is 16.8 Å². The molecular weight excluding hydrogens is 1300 g/mol. The van der Waals surface area contributed by atoms with Gasteiger partial charge in [0.05, 0.1) is 44.1 Å². The van der Waals surface area contributed by atoms with Gasteiger partial charge in [0.15, 0.2) is 24.0 Å². The predicted molar refractivity (Wildman–Crippen MR) is 326 cm³/mol. The van der Waals surface area contributed by atoms with Gasteiger partial charge in [0.1, 0.15) is 83.8 Å². The van der Waals surface area contributed by atoms with Crippen molar-refractivity contribution in [3.63, 3.8) is 0 Å². The van der Waals surface area contributed by atoms with Crippen LogP contribution in [0.15, 0.2) is 116 Å². The van der Waals surface area contributed by atoms with Gasteiger partial charge in [0.25, 0.3) is 0 Å². The zero-order valence-electron chi connectivity index (χ0n) is 50.0. The number of rotatable bonds is 21. The third-order valence-corrected chi connectivity index (χ3v) is 17.3. The number of benzene rings is 2. The second-order valence-electron chi connectivity index (χ2n) is 18.8. The number of nitriles is 2. The molecule has 2 unspecified atom stereocenters. The van der Waals surface area contributed by atoms with Gasteiger partial charge in [-0.2, -0.15) is 25.8 Å². The third-order valence-electron chi connectivity index (χ3n) is 12.7. The van der Waals surface area contributed by atoms with Crippen molar-refractivity contribution in [2.75, 3.05) is 59.2 Å². The number of phosphoric ester groups is 1. The number of aromatic nitrogens is 8. The number of nitrogens with zero attached hydrogens (tertiary/aromatic N) is 10. The monoisotopic (exact) mass is 1370 g/mol. The van der Waals surface area contributed by atoms with Crippen molar-refractivity contribution in [3.05, 3.63) is 128 Å². The molecule has 5 aromatic heterocycles. The first kappa shape index (κ1) is 76.9. The quantitative estimate of drug-likeness (QED) is 0.0318. The van der Waals surface area contributed by atoms with Gasteiger partial charge in [-0.3, -0.25) is 27.7 Å². The second kappa shape index (κ2) is 34.9. The number of phosphoric acid groups is 1. The molecule has 92 heavy (non-hydrogen) atoms. The topological polar surface area (TPSA) is 440 Å². The molecule has 9 rings (SSSR count). The number of aliphatic hydroxyl groups excluding tert-OH is 3. The summed E-state index contributed by atoms with van der Waals surface area (Å²) in [6.45, 7) is 1.64. The SMILES string of the molecule is C.CCOC(=O)[C@H](C)NP(=O)(Cl)Oc1ccccc1.CCOC(=O)[C@H](C)NP(=O)(OC[C@H]1O[C@@](C#N)(c2ccc3c(N)ncnn23)[C@H](F)[C@@H]1O)Oc1ccccc1.COP(=O)(OC)OC.Cn1ccnc1.N#C[C@@]1(c2ccc3c(N)ncnn23)O[C@H](CO)[C@@H](O)[C@H]1F. The van der Waals surface area contributed by atoms with Crippen molar-refractivity contribution in [2.24, 2.45) is 7.05 Å². The Morgan fingerprint density at radius 3 is 1.54 bits per heavy atom. The summed E-state index contributed by atoms with van der Waals surface area (Å²) in [6, 6.07) is 23.9. The maximum atomic E-state index is 15.5. The van der Waals surface area contributed by atoms with Crippen LogP contribution in [0.3, 0.4) is 0 Å².